The number of hydrazone groups is 1. The Bertz CT molecular complexity index is 1260. The number of esters is 1. The van der Waals surface area contributed by atoms with Crippen LogP contribution in [0.3, 0.4) is 0 Å². The van der Waals surface area contributed by atoms with E-state index in [1.54, 1.807) is 30.5 Å². The van der Waals surface area contributed by atoms with Crippen molar-refractivity contribution in [3.8, 4) is 11.5 Å². The normalized spacial score (nSPS) is 11.3. The third kappa shape index (κ3) is 8.49. The number of nitrogens with one attached hydrogen (secondary N) is 2. The molecule has 0 aliphatic carbocycles. The number of aromatic nitrogens is 1. The standard InChI is InChI=1S/C24H23F3N4O5S/c1-3-35-20-9-15(7-8-19(20)36-13-22(33)34-2)12-28-31-21(32)11-18-14-37-23(30-18)29-17-6-4-5-16(10-17)24(25,26)27/h4-10,12,14H,3,11,13H2,1-2H3,(H,29,30)(H,31,32)/b28-12-. The second-order valence-corrected chi connectivity index (χ2v) is 8.18. The molecule has 0 spiro atoms. The maximum absolute atomic E-state index is 12.9. The highest BCUT2D eigenvalue weighted by atomic mass is 32.1. The van der Waals surface area contributed by atoms with Gasteiger partial charge in [-0.1, -0.05) is 6.07 Å². The van der Waals surface area contributed by atoms with Gasteiger partial charge in [0, 0.05) is 11.1 Å². The molecule has 9 nitrogen and oxygen atoms in total. The molecule has 0 unspecified atom stereocenters. The van der Waals surface area contributed by atoms with Crippen LogP contribution in [-0.2, 0) is 26.9 Å². The number of carbonyl (C=O) groups is 2. The van der Waals surface area contributed by atoms with Crippen molar-refractivity contribution in [1.29, 1.82) is 0 Å². The molecule has 3 rings (SSSR count). The van der Waals surface area contributed by atoms with E-state index in [1.165, 1.54) is 25.5 Å². The first-order valence-corrected chi connectivity index (χ1v) is 11.7. The number of halogens is 3. The van der Waals surface area contributed by atoms with Gasteiger partial charge in [-0.05, 0) is 48.9 Å². The summed E-state index contributed by atoms with van der Waals surface area (Å²) >= 11 is 1.16. The van der Waals surface area contributed by atoms with Crippen molar-refractivity contribution in [2.75, 3.05) is 25.6 Å². The zero-order valence-corrected chi connectivity index (χ0v) is 20.6. The van der Waals surface area contributed by atoms with Crippen molar-refractivity contribution in [2.24, 2.45) is 5.10 Å². The molecule has 0 bridgehead atoms. The highest BCUT2D eigenvalue weighted by molar-refractivity contribution is 7.13. The van der Waals surface area contributed by atoms with Crippen LogP contribution in [-0.4, -0.2) is 43.4 Å². The predicted molar refractivity (Wildman–Crippen MR) is 131 cm³/mol. The van der Waals surface area contributed by atoms with Crippen LogP contribution < -0.4 is 20.2 Å². The summed E-state index contributed by atoms with van der Waals surface area (Å²) < 4.78 is 54.1. The molecule has 1 amide bonds. The fourth-order valence-electron chi connectivity index (χ4n) is 2.91. The summed E-state index contributed by atoms with van der Waals surface area (Å²) in [4.78, 5) is 27.8. The summed E-state index contributed by atoms with van der Waals surface area (Å²) in [6.45, 7) is 1.89. The maximum Gasteiger partial charge on any atom is 0.416 e. The number of ether oxygens (including phenoxy) is 3. The molecule has 0 atom stereocenters. The Balaban J connectivity index is 1.55. The van der Waals surface area contributed by atoms with Crippen LogP contribution in [0.15, 0.2) is 52.9 Å². The zero-order chi connectivity index (χ0) is 26.8. The van der Waals surface area contributed by atoms with E-state index in [9.17, 15) is 22.8 Å². The number of rotatable bonds is 11. The van der Waals surface area contributed by atoms with Crippen LogP contribution in [0.1, 0.15) is 23.7 Å². The number of thiazole rings is 1. The molecule has 0 aliphatic heterocycles. The fourth-order valence-corrected chi connectivity index (χ4v) is 3.64. The van der Waals surface area contributed by atoms with Gasteiger partial charge in [-0.2, -0.15) is 18.3 Å². The number of nitrogens with zero attached hydrogens (tertiary/aromatic N) is 2. The van der Waals surface area contributed by atoms with E-state index in [4.69, 9.17) is 9.47 Å². The minimum absolute atomic E-state index is 0.0807. The van der Waals surface area contributed by atoms with E-state index in [0.717, 1.165) is 23.5 Å². The van der Waals surface area contributed by atoms with Crippen LogP contribution >= 0.6 is 11.3 Å². The van der Waals surface area contributed by atoms with Crippen molar-refractivity contribution in [3.05, 3.63) is 64.7 Å². The summed E-state index contributed by atoms with van der Waals surface area (Å²) in [5.41, 5.74) is 2.89. The molecule has 1 aromatic heterocycles. The van der Waals surface area contributed by atoms with Crippen LogP contribution in [0.25, 0.3) is 0 Å². The molecular weight excluding hydrogens is 513 g/mol. The third-order valence-electron chi connectivity index (χ3n) is 4.58. The van der Waals surface area contributed by atoms with Gasteiger partial charge in [-0.3, -0.25) is 4.79 Å². The second-order valence-electron chi connectivity index (χ2n) is 7.32. The molecule has 0 radical (unpaired) electrons. The molecule has 2 N–H and O–H groups in total. The van der Waals surface area contributed by atoms with Gasteiger partial charge in [0.25, 0.3) is 0 Å². The number of carbonyl (C=O) groups excluding carboxylic acids is 2. The quantitative estimate of drug-likeness (QED) is 0.210. The molecule has 0 saturated heterocycles. The maximum atomic E-state index is 12.9. The largest absolute Gasteiger partial charge is 0.490 e. The van der Waals surface area contributed by atoms with Crippen LogP contribution in [0.5, 0.6) is 11.5 Å². The molecule has 0 saturated carbocycles. The smallest absolute Gasteiger partial charge is 0.416 e. The zero-order valence-electron chi connectivity index (χ0n) is 19.8. The molecule has 3 aromatic rings. The Labute approximate surface area is 214 Å². The van der Waals surface area contributed by atoms with E-state index >= 15 is 0 Å². The SMILES string of the molecule is CCOc1cc(/C=N\NC(=O)Cc2csc(Nc3cccc(C(F)(F)F)c3)n2)ccc1OCC(=O)OC. The first-order chi connectivity index (χ1) is 17.7. The number of anilines is 2. The van der Waals surface area contributed by atoms with E-state index in [-0.39, 0.29) is 18.7 Å². The van der Waals surface area contributed by atoms with Crippen LogP contribution in [0.4, 0.5) is 24.0 Å². The average Bonchev–Trinajstić information content (AvgIpc) is 3.29. The summed E-state index contributed by atoms with van der Waals surface area (Å²) in [6, 6.07) is 9.66. The molecule has 2 aromatic carbocycles. The van der Waals surface area contributed by atoms with Crippen molar-refractivity contribution in [1.82, 2.24) is 10.4 Å². The van der Waals surface area contributed by atoms with Gasteiger partial charge < -0.3 is 19.5 Å². The number of hydrogen-bond donors (Lipinski definition) is 2. The second kappa shape index (κ2) is 12.7. The van der Waals surface area contributed by atoms with Gasteiger partial charge in [0.15, 0.2) is 23.2 Å². The van der Waals surface area contributed by atoms with Crippen molar-refractivity contribution in [3.63, 3.8) is 0 Å². The van der Waals surface area contributed by atoms with Crippen LogP contribution in [0, 0.1) is 0 Å². The van der Waals surface area contributed by atoms with Gasteiger partial charge in [-0.15, -0.1) is 11.3 Å². The lowest BCUT2D eigenvalue weighted by Gasteiger charge is -2.11. The molecular formula is C24H23F3N4O5S. The first kappa shape index (κ1) is 27.5. The average molecular weight is 537 g/mol. The molecule has 37 heavy (non-hydrogen) atoms. The van der Waals surface area contributed by atoms with Gasteiger partial charge in [0.05, 0.1) is 37.6 Å². The molecule has 0 aliphatic rings. The van der Waals surface area contributed by atoms with E-state index in [2.05, 4.69) is 25.6 Å². The van der Waals surface area contributed by atoms with Gasteiger partial charge >= 0.3 is 12.1 Å². The molecule has 196 valence electrons. The van der Waals surface area contributed by atoms with E-state index in [1.807, 2.05) is 0 Å². The Kier molecular flexibility index (Phi) is 9.44. The summed E-state index contributed by atoms with van der Waals surface area (Å²) in [7, 11) is 1.26. The summed E-state index contributed by atoms with van der Waals surface area (Å²) in [5.74, 6) is -0.221. The highest BCUT2D eigenvalue weighted by Crippen LogP contribution is 2.32. The Morgan fingerprint density at radius 2 is 1.95 bits per heavy atom. The van der Waals surface area contributed by atoms with Crippen LogP contribution in [0.2, 0.25) is 0 Å². The van der Waals surface area contributed by atoms with E-state index < -0.39 is 23.6 Å². The monoisotopic (exact) mass is 536 g/mol. The van der Waals surface area contributed by atoms with Crippen molar-refractivity contribution in [2.45, 2.75) is 19.5 Å². The predicted octanol–water partition coefficient (Wildman–Crippen LogP) is 4.55. The summed E-state index contributed by atoms with van der Waals surface area (Å²) in [6.07, 6.45) is -3.12. The third-order valence-corrected chi connectivity index (χ3v) is 5.38. The number of hydrogen-bond acceptors (Lipinski definition) is 9. The Hall–Kier alpha value is -4.13. The van der Waals surface area contributed by atoms with Crippen molar-refractivity contribution < 1.29 is 37.0 Å². The number of alkyl halides is 3. The van der Waals surface area contributed by atoms with E-state index in [0.29, 0.717) is 34.5 Å². The number of amides is 1. The lowest BCUT2D eigenvalue weighted by Crippen LogP contribution is -2.20. The lowest BCUT2D eigenvalue weighted by atomic mass is 10.2. The Morgan fingerprint density at radius 1 is 1.14 bits per heavy atom. The first-order valence-electron chi connectivity index (χ1n) is 10.8. The topological polar surface area (TPSA) is 111 Å². The molecule has 0 fully saturated rings. The minimum atomic E-state index is -4.45. The van der Waals surface area contributed by atoms with Gasteiger partial charge in [-0.25, -0.2) is 15.2 Å². The summed E-state index contributed by atoms with van der Waals surface area (Å²) in [5, 5.41) is 8.71. The van der Waals surface area contributed by atoms with Gasteiger partial charge in [0.1, 0.15) is 0 Å². The number of methoxy groups -OCH3 is 1. The lowest BCUT2D eigenvalue weighted by molar-refractivity contribution is -0.143. The molecule has 13 heteroatoms. The van der Waals surface area contributed by atoms with Crippen molar-refractivity contribution >= 4 is 40.2 Å². The van der Waals surface area contributed by atoms with Gasteiger partial charge in [0.2, 0.25) is 5.91 Å². The highest BCUT2D eigenvalue weighted by Gasteiger charge is 2.30. The molecule has 1 heterocycles. The number of benzene rings is 2. The minimum Gasteiger partial charge on any atom is -0.490 e. The Morgan fingerprint density at radius 3 is 2.68 bits per heavy atom. The fraction of sp³-hybridized carbons (Fsp3) is 0.250.